The molecule has 2 aromatic carbocycles. The van der Waals surface area contributed by atoms with Gasteiger partial charge in [0.1, 0.15) is 5.75 Å². The van der Waals surface area contributed by atoms with Crippen molar-refractivity contribution in [2.75, 3.05) is 5.32 Å². The van der Waals surface area contributed by atoms with Crippen molar-refractivity contribution in [1.29, 1.82) is 0 Å². The summed E-state index contributed by atoms with van der Waals surface area (Å²) >= 11 is 5.16. The van der Waals surface area contributed by atoms with Crippen molar-refractivity contribution in [2.24, 2.45) is 0 Å². The molecule has 1 aromatic heterocycles. The first-order valence-corrected chi connectivity index (χ1v) is 6.19. The minimum Gasteiger partial charge on any atom is -0.432 e. The van der Waals surface area contributed by atoms with Crippen molar-refractivity contribution in [3.05, 3.63) is 54.9 Å². The van der Waals surface area contributed by atoms with Gasteiger partial charge in [-0.2, -0.15) is 0 Å². The van der Waals surface area contributed by atoms with Gasteiger partial charge in [-0.25, -0.2) is 4.98 Å². The predicted molar refractivity (Wildman–Crippen MR) is 79.4 cm³/mol. The van der Waals surface area contributed by atoms with E-state index in [0.29, 0.717) is 10.9 Å². The second-order valence-corrected chi connectivity index (χ2v) is 4.33. The highest BCUT2D eigenvalue weighted by molar-refractivity contribution is 7.80. The Hall–Kier alpha value is -2.40. The molecule has 3 aromatic rings. The number of anilines is 1. The van der Waals surface area contributed by atoms with Gasteiger partial charge in [0.05, 0.1) is 17.4 Å². The Balaban J connectivity index is 1.72. The van der Waals surface area contributed by atoms with Crippen molar-refractivity contribution < 1.29 is 4.74 Å². The van der Waals surface area contributed by atoms with Gasteiger partial charge < -0.3 is 15.0 Å². The van der Waals surface area contributed by atoms with E-state index in [1.165, 1.54) is 0 Å². The number of imidazole rings is 1. The molecule has 19 heavy (non-hydrogen) atoms. The lowest BCUT2D eigenvalue weighted by atomic mass is 10.3. The number of fused-ring (bicyclic) bond motifs is 1. The fourth-order valence-electron chi connectivity index (χ4n) is 1.75. The van der Waals surface area contributed by atoms with Crippen LogP contribution in [0.15, 0.2) is 54.9 Å². The number of benzene rings is 2. The van der Waals surface area contributed by atoms with E-state index in [0.717, 1.165) is 16.7 Å². The third-order valence-electron chi connectivity index (χ3n) is 2.62. The molecular formula is C14H11N3OS. The van der Waals surface area contributed by atoms with E-state index in [9.17, 15) is 0 Å². The predicted octanol–water partition coefficient (Wildman–Crippen LogP) is 3.34. The first kappa shape index (κ1) is 11.7. The van der Waals surface area contributed by atoms with Crippen molar-refractivity contribution in [2.45, 2.75) is 0 Å². The molecule has 94 valence electrons. The van der Waals surface area contributed by atoms with Crippen molar-refractivity contribution >= 4 is 34.1 Å². The van der Waals surface area contributed by atoms with E-state index in [-0.39, 0.29) is 0 Å². The molecular weight excluding hydrogens is 258 g/mol. The summed E-state index contributed by atoms with van der Waals surface area (Å²) in [5, 5.41) is 3.34. The van der Waals surface area contributed by atoms with Crippen molar-refractivity contribution in [3.63, 3.8) is 0 Å². The molecule has 1 heterocycles. The molecule has 0 atom stereocenters. The van der Waals surface area contributed by atoms with Crippen LogP contribution in [0.1, 0.15) is 0 Å². The number of aromatic amines is 1. The highest BCUT2D eigenvalue weighted by Crippen LogP contribution is 2.16. The SMILES string of the molecule is S=C(Nc1ccc2nc[nH]c2c1)Oc1ccccc1. The fraction of sp³-hybridized carbons (Fsp3) is 0. The van der Waals surface area contributed by atoms with E-state index in [4.69, 9.17) is 17.0 Å². The van der Waals surface area contributed by atoms with Gasteiger partial charge in [0.2, 0.25) is 0 Å². The summed E-state index contributed by atoms with van der Waals surface area (Å²) in [7, 11) is 0. The van der Waals surface area contributed by atoms with Crippen LogP contribution in [0.2, 0.25) is 0 Å². The van der Waals surface area contributed by atoms with Crippen LogP contribution in [0.5, 0.6) is 5.75 Å². The number of nitrogens with one attached hydrogen (secondary N) is 2. The summed E-state index contributed by atoms with van der Waals surface area (Å²) in [6.45, 7) is 0. The quantitative estimate of drug-likeness (QED) is 0.701. The molecule has 0 aliphatic carbocycles. The van der Waals surface area contributed by atoms with E-state index in [1.807, 2.05) is 48.5 Å². The van der Waals surface area contributed by atoms with Gasteiger partial charge in [0.15, 0.2) is 0 Å². The van der Waals surface area contributed by atoms with Gasteiger partial charge in [-0.05, 0) is 42.5 Å². The molecule has 0 aliphatic rings. The minimum atomic E-state index is 0.310. The zero-order valence-electron chi connectivity index (χ0n) is 9.96. The molecule has 3 rings (SSSR count). The van der Waals surface area contributed by atoms with Crippen LogP contribution in [0.4, 0.5) is 5.69 Å². The van der Waals surface area contributed by atoms with Crippen LogP contribution in [0, 0.1) is 0 Å². The normalized spacial score (nSPS) is 10.3. The Bertz CT molecular complexity index is 709. The molecule has 0 saturated carbocycles. The first-order chi connectivity index (χ1) is 9.31. The molecule has 0 radical (unpaired) electrons. The van der Waals surface area contributed by atoms with E-state index >= 15 is 0 Å². The number of thiocarbonyl (C=S) groups is 1. The zero-order chi connectivity index (χ0) is 13.1. The molecule has 0 saturated heterocycles. The maximum Gasteiger partial charge on any atom is 0.266 e. The number of para-hydroxylation sites is 1. The average Bonchev–Trinajstić information content (AvgIpc) is 2.87. The topological polar surface area (TPSA) is 49.9 Å². The Morgan fingerprint density at radius 2 is 2.00 bits per heavy atom. The van der Waals surface area contributed by atoms with Crippen molar-refractivity contribution in [1.82, 2.24) is 9.97 Å². The Labute approximate surface area is 115 Å². The highest BCUT2D eigenvalue weighted by Gasteiger charge is 2.02. The highest BCUT2D eigenvalue weighted by atomic mass is 32.1. The van der Waals surface area contributed by atoms with E-state index < -0.39 is 0 Å². The number of H-pyrrole nitrogens is 1. The molecule has 0 unspecified atom stereocenters. The molecule has 0 fully saturated rings. The summed E-state index contributed by atoms with van der Waals surface area (Å²) in [5.41, 5.74) is 2.73. The lowest BCUT2D eigenvalue weighted by molar-refractivity contribution is 0.563. The molecule has 0 bridgehead atoms. The molecule has 5 heteroatoms. The summed E-state index contributed by atoms with van der Waals surface area (Å²) in [4.78, 5) is 7.21. The summed E-state index contributed by atoms with van der Waals surface area (Å²) in [5.74, 6) is 0.711. The van der Waals surface area contributed by atoms with Gasteiger partial charge in [-0.1, -0.05) is 18.2 Å². The van der Waals surface area contributed by atoms with Gasteiger partial charge in [0, 0.05) is 5.69 Å². The Morgan fingerprint density at radius 1 is 1.16 bits per heavy atom. The standard InChI is InChI=1S/C14H11N3OS/c19-14(18-11-4-2-1-3-5-11)17-10-6-7-12-13(8-10)16-9-15-12/h1-9H,(H,15,16)(H,17,19). The summed E-state index contributed by atoms with van der Waals surface area (Å²) < 4.78 is 5.51. The van der Waals surface area contributed by atoms with Crippen LogP contribution in [0.25, 0.3) is 11.0 Å². The lowest BCUT2D eigenvalue weighted by Gasteiger charge is -2.09. The second kappa shape index (κ2) is 5.07. The zero-order valence-corrected chi connectivity index (χ0v) is 10.8. The number of hydrogen-bond acceptors (Lipinski definition) is 3. The monoisotopic (exact) mass is 269 g/mol. The number of ether oxygens (including phenoxy) is 1. The van der Waals surface area contributed by atoms with Crippen molar-refractivity contribution in [3.8, 4) is 5.75 Å². The van der Waals surface area contributed by atoms with Crippen LogP contribution >= 0.6 is 12.2 Å². The minimum absolute atomic E-state index is 0.310. The molecule has 0 spiro atoms. The van der Waals surface area contributed by atoms with Crippen LogP contribution in [0.3, 0.4) is 0 Å². The number of aromatic nitrogens is 2. The smallest absolute Gasteiger partial charge is 0.266 e. The largest absolute Gasteiger partial charge is 0.432 e. The second-order valence-electron chi connectivity index (χ2n) is 3.96. The third kappa shape index (κ3) is 2.71. The first-order valence-electron chi connectivity index (χ1n) is 5.78. The molecule has 4 nitrogen and oxygen atoms in total. The number of nitrogens with zero attached hydrogens (tertiary/aromatic N) is 1. The van der Waals surface area contributed by atoms with Crippen LogP contribution in [-0.2, 0) is 0 Å². The summed E-state index contributed by atoms with van der Waals surface area (Å²) in [6, 6.07) is 15.2. The van der Waals surface area contributed by atoms with Crippen LogP contribution < -0.4 is 10.1 Å². The maximum atomic E-state index is 5.51. The summed E-state index contributed by atoms with van der Waals surface area (Å²) in [6.07, 6.45) is 1.66. The van der Waals surface area contributed by atoms with Crippen LogP contribution in [-0.4, -0.2) is 15.1 Å². The molecule has 0 aliphatic heterocycles. The number of hydrogen-bond donors (Lipinski definition) is 2. The maximum absolute atomic E-state index is 5.51. The number of rotatable bonds is 2. The van der Waals surface area contributed by atoms with Gasteiger partial charge >= 0.3 is 0 Å². The molecule has 0 amide bonds. The third-order valence-corrected chi connectivity index (χ3v) is 2.81. The van der Waals surface area contributed by atoms with E-state index in [1.54, 1.807) is 6.33 Å². The Morgan fingerprint density at radius 3 is 2.84 bits per heavy atom. The average molecular weight is 269 g/mol. The van der Waals surface area contributed by atoms with E-state index in [2.05, 4.69) is 15.3 Å². The lowest BCUT2D eigenvalue weighted by Crippen LogP contribution is -2.16. The van der Waals surface area contributed by atoms with Gasteiger partial charge in [0.25, 0.3) is 5.17 Å². The van der Waals surface area contributed by atoms with Gasteiger partial charge in [-0.3, -0.25) is 0 Å². The fourth-order valence-corrected chi connectivity index (χ4v) is 1.97. The van der Waals surface area contributed by atoms with Gasteiger partial charge in [-0.15, -0.1) is 0 Å². The Kier molecular flexibility index (Phi) is 3.12. The molecule has 2 N–H and O–H groups in total.